The van der Waals surface area contributed by atoms with E-state index >= 15 is 4.39 Å². The molecule has 11 aromatic carbocycles. The molecule has 0 fully saturated rings. The second kappa shape index (κ2) is 17.5. The minimum Gasteiger partial charge on any atom is -0.310 e. The van der Waals surface area contributed by atoms with E-state index in [0.717, 1.165) is 100 Å². The van der Waals surface area contributed by atoms with Gasteiger partial charge in [0.05, 0.1) is 30.8 Å². The normalized spacial score (nSPS) is 12.0. The summed E-state index contributed by atoms with van der Waals surface area (Å²) in [7, 11) is -1.52. The summed E-state index contributed by atoms with van der Waals surface area (Å²) in [4.78, 5) is 6.92. The van der Waals surface area contributed by atoms with Crippen molar-refractivity contribution in [2.24, 2.45) is 0 Å². The zero-order chi connectivity index (χ0) is 47.3. The Labute approximate surface area is 410 Å². The van der Waals surface area contributed by atoms with Gasteiger partial charge in [-0.1, -0.05) is 189 Å². The number of hydrogen-bond acceptors (Lipinski definition) is 3. The molecular weight excluding hydrogens is 870 g/mol. The van der Waals surface area contributed by atoms with Gasteiger partial charge in [0.15, 0.2) is 0 Å². The number of nitrogens with zero attached hydrogens (tertiary/aromatic N) is 3. The second-order valence-corrected chi connectivity index (χ2v) is 24.2. The van der Waals surface area contributed by atoms with Crippen LogP contribution in [0.25, 0.3) is 54.9 Å². The fraction of sp³-hybridized carbons (Fsp3) is 0.0462. The average molecular weight is 920 g/mol. The number of hydrogen-bond donors (Lipinski definition) is 0. The number of rotatable bonds is 10. The Bertz CT molecular complexity index is 3700. The van der Waals surface area contributed by atoms with Gasteiger partial charge in [0.25, 0.3) is 0 Å². The summed E-state index contributed by atoms with van der Waals surface area (Å²) in [5, 5.41) is 5.73. The van der Waals surface area contributed by atoms with Crippen LogP contribution < -0.4 is 19.9 Å². The highest BCUT2D eigenvalue weighted by Crippen LogP contribution is 2.56. The van der Waals surface area contributed by atoms with Crippen LogP contribution in [0.2, 0.25) is 19.6 Å². The highest BCUT2D eigenvalue weighted by Gasteiger charge is 2.31. The van der Waals surface area contributed by atoms with E-state index in [-0.39, 0.29) is 5.82 Å². The molecule has 70 heavy (non-hydrogen) atoms. The first-order chi connectivity index (χ1) is 34.3. The zero-order valence-corrected chi connectivity index (χ0v) is 40.4. The van der Waals surface area contributed by atoms with Gasteiger partial charge in [0, 0.05) is 50.3 Å². The second-order valence-electron chi connectivity index (χ2n) is 19.1. The molecule has 0 unspecified atom stereocenters. The lowest BCUT2D eigenvalue weighted by Crippen LogP contribution is -2.37. The lowest BCUT2D eigenvalue weighted by molar-refractivity contribution is 0.630. The highest BCUT2D eigenvalue weighted by atomic mass is 28.3. The Morgan fingerprint density at radius 3 is 1.69 bits per heavy atom. The summed E-state index contributed by atoms with van der Waals surface area (Å²) in [5.74, 6) is -0.310. The number of para-hydroxylation sites is 2. The number of halogens is 1. The van der Waals surface area contributed by atoms with Crippen LogP contribution in [0.1, 0.15) is 0 Å². The summed E-state index contributed by atoms with van der Waals surface area (Å²) in [6.07, 6.45) is 0. The third-order valence-corrected chi connectivity index (χ3v) is 15.8. The van der Waals surface area contributed by atoms with Gasteiger partial charge in [-0.25, -0.2) is 4.39 Å². The molecule has 12 rings (SSSR count). The molecule has 0 saturated heterocycles. The Balaban J connectivity index is 1.10. The van der Waals surface area contributed by atoms with E-state index in [9.17, 15) is 0 Å². The molecule has 0 N–H and O–H groups in total. The number of anilines is 9. The van der Waals surface area contributed by atoms with E-state index in [0.29, 0.717) is 5.69 Å². The van der Waals surface area contributed by atoms with Gasteiger partial charge in [0.2, 0.25) is 0 Å². The molecule has 0 aliphatic carbocycles. The van der Waals surface area contributed by atoms with Crippen LogP contribution in [-0.2, 0) is 0 Å². The monoisotopic (exact) mass is 919 g/mol. The topological polar surface area (TPSA) is 9.72 Å². The van der Waals surface area contributed by atoms with Crippen molar-refractivity contribution >= 4 is 86.0 Å². The highest BCUT2D eigenvalue weighted by molar-refractivity contribution is 6.88. The summed E-state index contributed by atoms with van der Waals surface area (Å²) < 4.78 is 17.9. The molecule has 1 aliphatic heterocycles. The van der Waals surface area contributed by atoms with Crippen LogP contribution in [0.4, 0.5) is 55.6 Å². The molecule has 1 heterocycles. The first kappa shape index (κ1) is 42.8. The fourth-order valence-electron chi connectivity index (χ4n) is 10.3. The van der Waals surface area contributed by atoms with Crippen LogP contribution in [0.5, 0.6) is 0 Å². The van der Waals surface area contributed by atoms with E-state index in [1.807, 2.05) is 48.5 Å². The SMILES string of the molecule is C[Si](C)(C)c1ccc(N(c2ccccc2)c2ccc3c(c2)N(c2ccccc2)c2cccc4c(N(c5ccc6ccccc6c5)c5c(F)cc(-c6ccccc6)cc5-c5ccccc5)ccc-3c24)cc1. The van der Waals surface area contributed by atoms with Crippen molar-refractivity contribution in [3.8, 4) is 33.4 Å². The molecule has 0 aromatic heterocycles. The minimum absolute atomic E-state index is 0.310. The van der Waals surface area contributed by atoms with E-state index in [4.69, 9.17) is 0 Å². The predicted molar refractivity (Wildman–Crippen MR) is 298 cm³/mol. The van der Waals surface area contributed by atoms with Gasteiger partial charge < -0.3 is 14.7 Å². The maximum atomic E-state index is 17.9. The van der Waals surface area contributed by atoms with Crippen molar-refractivity contribution in [2.45, 2.75) is 19.6 Å². The van der Waals surface area contributed by atoms with E-state index in [1.165, 1.54) is 5.19 Å². The van der Waals surface area contributed by atoms with E-state index in [1.54, 1.807) is 6.07 Å². The average Bonchev–Trinajstić information content (AvgIpc) is 3.40. The summed E-state index contributed by atoms with van der Waals surface area (Å²) >= 11 is 0. The lowest BCUT2D eigenvalue weighted by atomic mass is 9.89. The van der Waals surface area contributed by atoms with Crippen molar-refractivity contribution in [1.29, 1.82) is 0 Å². The van der Waals surface area contributed by atoms with Crippen molar-refractivity contribution in [3.05, 3.63) is 255 Å². The summed E-state index contributed by atoms with van der Waals surface area (Å²) in [5.41, 5.74) is 14.4. The quantitative estimate of drug-likeness (QED) is 0.127. The molecule has 3 nitrogen and oxygen atoms in total. The van der Waals surface area contributed by atoms with Gasteiger partial charge in [0.1, 0.15) is 5.82 Å². The van der Waals surface area contributed by atoms with Crippen LogP contribution in [0, 0.1) is 5.82 Å². The minimum atomic E-state index is -1.52. The van der Waals surface area contributed by atoms with Crippen molar-refractivity contribution in [1.82, 2.24) is 0 Å². The molecule has 5 heteroatoms. The van der Waals surface area contributed by atoms with Crippen LogP contribution in [-0.4, -0.2) is 8.07 Å². The third kappa shape index (κ3) is 7.61. The first-order valence-corrected chi connectivity index (χ1v) is 27.5. The van der Waals surface area contributed by atoms with Crippen molar-refractivity contribution in [3.63, 3.8) is 0 Å². The molecule has 0 amide bonds. The largest absolute Gasteiger partial charge is 0.310 e. The maximum Gasteiger partial charge on any atom is 0.148 e. The smallest absolute Gasteiger partial charge is 0.148 e. The molecule has 11 aromatic rings. The fourth-order valence-corrected chi connectivity index (χ4v) is 11.5. The van der Waals surface area contributed by atoms with Crippen LogP contribution in [0.15, 0.2) is 249 Å². The Hall–Kier alpha value is -8.51. The van der Waals surface area contributed by atoms with Gasteiger partial charge >= 0.3 is 0 Å². The Morgan fingerprint density at radius 2 is 0.971 bits per heavy atom. The number of benzene rings is 11. The van der Waals surface area contributed by atoms with Crippen LogP contribution in [0.3, 0.4) is 0 Å². The van der Waals surface area contributed by atoms with Crippen molar-refractivity contribution in [2.75, 3.05) is 14.7 Å². The molecule has 1 aliphatic rings. The molecule has 0 saturated carbocycles. The van der Waals surface area contributed by atoms with Gasteiger partial charge in [-0.2, -0.15) is 0 Å². The zero-order valence-electron chi connectivity index (χ0n) is 39.4. The van der Waals surface area contributed by atoms with Crippen LogP contribution >= 0.6 is 0 Å². The molecule has 0 spiro atoms. The molecule has 0 radical (unpaired) electrons. The predicted octanol–water partition coefficient (Wildman–Crippen LogP) is 18.4. The molecule has 336 valence electrons. The summed E-state index contributed by atoms with van der Waals surface area (Å²) in [6.45, 7) is 7.18. The molecule has 0 bridgehead atoms. The standard InChI is InChI=1S/C65H50FN3Si/c1-70(2,3)55-36-33-52(34-37-55)67(50-25-12-6-13-26-50)54-35-38-56-57-39-40-61(58-29-18-30-62(64(57)58)68(63(56)44-54)51-27-14-7-15-28-51)69(53-32-31-46-21-16-17-24-48(46)41-53)65-59(47-22-10-5-11-23-47)42-49(43-60(65)66)45-19-8-4-9-20-45/h4-44H,1-3H3. The van der Waals surface area contributed by atoms with E-state index < -0.39 is 8.07 Å². The number of fused-ring (bicyclic) bond motifs is 3. The van der Waals surface area contributed by atoms with Crippen molar-refractivity contribution < 1.29 is 4.39 Å². The molecule has 0 atom stereocenters. The third-order valence-electron chi connectivity index (χ3n) is 13.7. The Kier molecular flexibility index (Phi) is 10.7. The van der Waals surface area contributed by atoms with Gasteiger partial charge in [-0.05, 0) is 118 Å². The lowest BCUT2D eigenvalue weighted by Gasteiger charge is -2.36. The van der Waals surface area contributed by atoms with E-state index in [2.05, 4.69) is 228 Å². The first-order valence-electron chi connectivity index (χ1n) is 24.0. The Morgan fingerprint density at radius 1 is 0.386 bits per heavy atom. The summed E-state index contributed by atoms with van der Waals surface area (Å²) in [6, 6.07) is 87.4. The van der Waals surface area contributed by atoms with Gasteiger partial charge in [-0.3, -0.25) is 0 Å². The molecular formula is C65H50FN3Si. The van der Waals surface area contributed by atoms with Gasteiger partial charge in [-0.15, -0.1) is 0 Å². The maximum absolute atomic E-state index is 17.9.